The van der Waals surface area contributed by atoms with Crippen molar-refractivity contribution in [3.63, 3.8) is 0 Å². The summed E-state index contributed by atoms with van der Waals surface area (Å²) in [5.41, 5.74) is 0.904. The maximum Gasteiger partial charge on any atom is 0.258 e. The van der Waals surface area contributed by atoms with Gasteiger partial charge in [0.1, 0.15) is 18.1 Å². The molecule has 2 aromatic carbocycles. The number of hydrogen-bond acceptors (Lipinski definition) is 4. The van der Waals surface area contributed by atoms with E-state index in [-0.39, 0.29) is 17.5 Å². The molecule has 5 nitrogen and oxygen atoms in total. The number of carbonyl (C=O) groups is 1. The summed E-state index contributed by atoms with van der Waals surface area (Å²) in [5.74, 6) is 0.718. The fourth-order valence-corrected chi connectivity index (χ4v) is 2.59. The summed E-state index contributed by atoms with van der Waals surface area (Å²) in [6.45, 7) is 1.13. The Morgan fingerprint density at radius 2 is 1.77 bits per heavy atom. The van der Waals surface area contributed by atoms with Crippen LogP contribution in [0.2, 0.25) is 15.1 Å². The predicted octanol–water partition coefficient (Wildman–Crippen LogP) is 4.37. The Balaban J connectivity index is 1.82. The number of rotatable bonds is 9. The normalized spacial score (nSPS) is 10.5. The number of benzene rings is 2. The molecular weight excluding hydrogens is 401 g/mol. The molecule has 0 spiro atoms. The molecule has 2 rings (SSSR count). The summed E-state index contributed by atoms with van der Waals surface area (Å²) < 4.78 is 15.9. The van der Waals surface area contributed by atoms with Gasteiger partial charge in [0, 0.05) is 19.7 Å². The van der Waals surface area contributed by atoms with Crippen LogP contribution in [0.3, 0.4) is 0 Å². The highest BCUT2D eigenvalue weighted by atomic mass is 35.5. The lowest BCUT2D eigenvalue weighted by Crippen LogP contribution is -2.28. The highest BCUT2D eigenvalue weighted by Crippen LogP contribution is 2.33. The molecule has 0 aromatic heterocycles. The Hall–Kier alpha value is -1.66. The van der Waals surface area contributed by atoms with Crippen LogP contribution in [0.1, 0.15) is 5.56 Å². The second-order valence-corrected chi connectivity index (χ2v) is 6.47. The molecule has 0 atom stereocenters. The van der Waals surface area contributed by atoms with Gasteiger partial charge in [-0.25, -0.2) is 0 Å². The topological polar surface area (TPSA) is 56.8 Å². The minimum Gasteiger partial charge on any atom is -0.491 e. The first-order valence-corrected chi connectivity index (χ1v) is 8.87. The van der Waals surface area contributed by atoms with Gasteiger partial charge in [-0.3, -0.25) is 4.79 Å². The van der Waals surface area contributed by atoms with E-state index in [1.54, 1.807) is 7.11 Å². The van der Waals surface area contributed by atoms with Crippen LogP contribution in [-0.4, -0.2) is 32.8 Å². The highest BCUT2D eigenvalue weighted by molar-refractivity contribution is 6.43. The van der Waals surface area contributed by atoms with Crippen LogP contribution in [0, 0.1) is 0 Å². The van der Waals surface area contributed by atoms with Gasteiger partial charge in [-0.05, 0) is 23.8 Å². The minimum atomic E-state index is -0.294. The van der Waals surface area contributed by atoms with Crippen LogP contribution >= 0.6 is 34.8 Å². The van der Waals surface area contributed by atoms with E-state index in [1.165, 1.54) is 12.1 Å². The molecule has 0 saturated heterocycles. The Morgan fingerprint density at radius 3 is 2.54 bits per heavy atom. The largest absolute Gasteiger partial charge is 0.491 e. The zero-order valence-corrected chi connectivity index (χ0v) is 16.3. The third-order valence-corrected chi connectivity index (χ3v) is 4.30. The van der Waals surface area contributed by atoms with E-state index in [1.807, 2.05) is 24.3 Å². The third kappa shape index (κ3) is 6.57. The van der Waals surface area contributed by atoms with Crippen molar-refractivity contribution in [3.05, 3.63) is 57.0 Å². The van der Waals surface area contributed by atoms with Crippen molar-refractivity contribution in [2.75, 3.05) is 26.9 Å². The second kappa shape index (κ2) is 10.5. The number of hydrogen-bond donors (Lipinski definition) is 1. The molecule has 0 aliphatic carbocycles. The van der Waals surface area contributed by atoms with Gasteiger partial charge in [-0.2, -0.15) is 0 Å². The summed E-state index contributed by atoms with van der Waals surface area (Å²) in [6, 6.07) is 10.4. The summed E-state index contributed by atoms with van der Waals surface area (Å²) in [4.78, 5) is 12.0. The summed E-state index contributed by atoms with van der Waals surface area (Å²) in [7, 11) is 1.61. The van der Waals surface area contributed by atoms with Crippen LogP contribution in [0.4, 0.5) is 0 Å². The number of carbonyl (C=O) groups excluding carboxylic acids is 1. The first-order chi connectivity index (χ1) is 12.5. The van der Waals surface area contributed by atoms with E-state index >= 15 is 0 Å². The monoisotopic (exact) mass is 417 g/mol. The van der Waals surface area contributed by atoms with E-state index in [2.05, 4.69) is 5.32 Å². The maximum absolute atomic E-state index is 12.0. The SMILES string of the molecule is COCCOc1cccc(CNC(=O)COc2cc(Cl)c(Cl)cc2Cl)c1. The van der Waals surface area contributed by atoms with E-state index in [0.717, 1.165) is 5.56 Å². The zero-order chi connectivity index (χ0) is 18.9. The average Bonchev–Trinajstić information content (AvgIpc) is 2.62. The number of ether oxygens (including phenoxy) is 3. The van der Waals surface area contributed by atoms with Gasteiger partial charge < -0.3 is 19.5 Å². The van der Waals surface area contributed by atoms with Crippen molar-refractivity contribution in [1.29, 1.82) is 0 Å². The smallest absolute Gasteiger partial charge is 0.258 e. The van der Waals surface area contributed by atoms with Crippen molar-refractivity contribution in [1.82, 2.24) is 5.32 Å². The second-order valence-electron chi connectivity index (χ2n) is 5.25. The molecule has 1 N–H and O–H groups in total. The van der Waals surface area contributed by atoms with Crippen LogP contribution in [0.5, 0.6) is 11.5 Å². The molecule has 0 saturated carbocycles. The lowest BCUT2D eigenvalue weighted by atomic mass is 10.2. The Morgan fingerprint density at radius 1 is 1.00 bits per heavy atom. The molecule has 140 valence electrons. The van der Waals surface area contributed by atoms with E-state index < -0.39 is 0 Å². The molecule has 1 amide bonds. The molecule has 2 aromatic rings. The van der Waals surface area contributed by atoms with Gasteiger partial charge in [0.25, 0.3) is 5.91 Å². The summed E-state index contributed by atoms with van der Waals surface area (Å²) in [6.07, 6.45) is 0. The number of nitrogens with one attached hydrogen (secondary N) is 1. The lowest BCUT2D eigenvalue weighted by Gasteiger charge is -2.11. The first kappa shape index (κ1) is 20.6. The van der Waals surface area contributed by atoms with Gasteiger partial charge in [0.05, 0.1) is 21.7 Å². The van der Waals surface area contributed by atoms with Gasteiger partial charge in [0.2, 0.25) is 0 Å². The summed E-state index contributed by atoms with van der Waals surface area (Å²) in [5, 5.41) is 3.67. The van der Waals surface area contributed by atoms with Crippen molar-refractivity contribution in [2.24, 2.45) is 0 Å². The number of amides is 1. The minimum absolute atomic E-state index is 0.193. The van der Waals surface area contributed by atoms with Gasteiger partial charge >= 0.3 is 0 Å². The maximum atomic E-state index is 12.0. The fourth-order valence-electron chi connectivity index (χ4n) is 2.00. The number of halogens is 3. The van der Waals surface area contributed by atoms with Crippen LogP contribution in [0.15, 0.2) is 36.4 Å². The molecule has 0 unspecified atom stereocenters. The van der Waals surface area contributed by atoms with Crippen molar-refractivity contribution >= 4 is 40.7 Å². The number of methoxy groups -OCH3 is 1. The molecule has 0 aliphatic heterocycles. The third-order valence-electron chi connectivity index (χ3n) is 3.28. The molecular formula is C18H18Cl3NO4. The molecule has 8 heteroatoms. The first-order valence-electron chi connectivity index (χ1n) is 7.74. The standard InChI is InChI=1S/C18H18Cl3NO4/c1-24-5-6-25-13-4-2-3-12(7-13)10-22-18(23)11-26-17-9-15(20)14(19)8-16(17)21/h2-4,7-9H,5-6,10-11H2,1H3,(H,22,23). The molecule has 0 radical (unpaired) electrons. The quantitative estimate of drug-likeness (QED) is 0.485. The summed E-state index contributed by atoms with van der Waals surface area (Å²) >= 11 is 17.8. The molecule has 0 fully saturated rings. The molecule has 0 aliphatic rings. The van der Waals surface area contributed by atoms with Gasteiger partial charge in [-0.15, -0.1) is 0 Å². The van der Waals surface area contributed by atoms with Crippen molar-refractivity contribution in [3.8, 4) is 11.5 Å². The molecule has 0 heterocycles. The van der Waals surface area contributed by atoms with Crippen molar-refractivity contribution < 1.29 is 19.0 Å². The lowest BCUT2D eigenvalue weighted by molar-refractivity contribution is -0.123. The van der Waals surface area contributed by atoms with E-state index in [9.17, 15) is 4.79 Å². The molecule has 0 bridgehead atoms. The highest BCUT2D eigenvalue weighted by Gasteiger charge is 2.09. The predicted molar refractivity (Wildman–Crippen MR) is 103 cm³/mol. The Labute approximate surface area is 167 Å². The Kier molecular flexibility index (Phi) is 8.32. The van der Waals surface area contributed by atoms with Gasteiger partial charge in [0.15, 0.2) is 6.61 Å². The van der Waals surface area contributed by atoms with Crippen LogP contribution in [0.25, 0.3) is 0 Å². The zero-order valence-electron chi connectivity index (χ0n) is 14.1. The average molecular weight is 419 g/mol. The van der Waals surface area contributed by atoms with Gasteiger partial charge in [-0.1, -0.05) is 46.9 Å². The van der Waals surface area contributed by atoms with E-state index in [4.69, 9.17) is 49.0 Å². The van der Waals surface area contributed by atoms with Crippen molar-refractivity contribution in [2.45, 2.75) is 6.54 Å². The Bertz CT molecular complexity index is 755. The van der Waals surface area contributed by atoms with Crippen LogP contribution < -0.4 is 14.8 Å². The van der Waals surface area contributed by atoms with Crippen LogP contribution in [-0.2, 0) is 16.1 Å². The van der Waals surface area contributed by atoms with E-state index in [0.29, 0.717) is 41.3 Å². The molecule has 26 heavy (non-hydrogen) atoms. The fraction of sp³-hybridized carbons (Fsp3) is 0.278.